The third-order valence-corrected chi connectivity index (χ3v) is 4.21. The molecule has 0 unspecified atom stereocenters. The Morgan fingerprint density at radius 3 is 2.42 bits per heavy atom. The molecule has 3 aromatic rings. The number of ether oxygens (including phenoxy) is 1. The quantitative estimate of drug-likeness (QED) is 0.563. The molecule has 0 aliphatic heterocycles. The van der Waals surface area contributed by atoms with Crippen molar-refractivity contribution in [2.45, 2.75) is 13.8 Å². The van der Waals surface area contributed by atoms with Gasteiger partial charge in [-0.25, -0.2) is 5.43 Å². The SMILES string of the molecule is COc1ccc(C(=O)N/N=C\c2cc(C)n(-c3ccccc3)c2C)cc1. The number of rotatable bonds is 5. The molecule has 0 bridgehead atoms. The number of aromatic nitrogens is 1. The van der Waals surface area contributed by atoms with Crippen LogP contribution in [0.3, 0.4) is 0 Å². The van der Waals surface area contributed by atoms with Gasteiger partial charge < -0.3 is 9.30 Å². The minimum absolute atomic E-state index is 0.263. The summed E-state index contributed by atoms with van der Waals surface area (Å²) in [7, 11) is 1.59. The van der Waals surface area contributed by atoms with E-state index in [4.69, 9.17) is 4.74 Å². The summed E-state index contributed by atoms with van der Waals surface area (Å²) in [4.78, 5) is 12.1. The van der Waals surface area contributed by atoms with Crippen molar-refractivity contribution in [3.8, 4) is 11.4 Å². The lowest BCUT2D eigenvalue weighted by atomic mass is 10.2. The first-order chi connectivity index (χ1) is 12.6. The van der Waals surface area contributed by atoms with Crippen molar-refractivity contribution in [1.29, 1.82) is 0 Å². The van der Waals surface area contributed by atoms with Crippen LogP contribution in [0, 0.1) is 13.8 Å². The van der Waals surface area contributed by atoms with Gasteiger partial charge in [-0.2, -0.15) is 5.10 Å². The van der Waals surface area contributed by atoms with E-state index in [1.54, 1.807) is 37.6 Å². The Bertz CT molecular complexity index is 926. The molecule has 0 atom stereocenters. The van der Waals surface area contributed by atoms with Crippen LogP contribution < -0.4 is 10.2 Å². The number of nitrogens with zero attached hydrogens (tertiary/aromatic N) is 2. The standard InChI is InChI=1S/C21H21N3O2/c1-15-13-18(16(2)24(15)19-7-5-4-6-8-19)14-22-23-21(25)17-9-11-20(26-3)12-10-17/h4-14H,1-3H3,(H,23,25)/b22-14-. The second-order valence-corrected chi connectivity index (χ2v) is 5.93. The zero-order valence-corrected chi connectivity index (χ0v) is 15.1. The van der Waals surface area contributed by atoms with Crippen LogP contribution in [0.15, 0.2) is 65.8 Å². The topological polar surface area (TPSA) is 55.6 Å². The summed E-state index contributed by atoms with van der Waals surface area (Å²) in [6.45, 7) is 4.08. The van der Waals surface area contributed by atoms with Crippen LogP contribution in [0.5, 0.6) is 5.75 Å². The minimum Gasteiger partial charge on any atom is -0.497 e. The van der Waals surface area contributed by atoms with Crippen molar-refractivity contribution >= 4 is 12.1 Å². The molecule has 1 heterocycles. The highest BCUT2D eigenvalue weighted by molar-refractivity contribution is 5.95. The summed E-state index contributed by atoms with van der Waals surface area (Å²) < 4.78 is 7.25. The van der Waals surface area contributed by atoms with Crippen LogP contribution >= 0.6 is 0 Å². The van der Waals surface area contributed by atoms with E-state index in [-0.39, 0.29) is 5.91 Å². The Morgan fingerprint density at radius 1 is 1.08 bits per heavy atom. The molecule has 5 heteroatoms. The molecule has 0 fully saturated rings. The fourth-order valence-corrected chi connectivity index (χ4v) is 2.86. The van der Waals surface area contributed by atoms with Gasteiger partial charge in [0.15, 0.2) is 0 Å². The highest BCUT2D eigenvalue weighted by Gasteiger charge is 2.09. The van der Waals surface area contributed by atoms with Crippen LogP contribution in [-0.2, 0) is 0 Å². The minimum atomic E-state index is -0.263. The van der Waals surface area contributed by atoms with Crippen molar-refractivity contribution in [3.05, 3.63) is 83.2 Å². The van der Waals surface area contributed by atoms with Crippen LogP contribution in [0.4, 0.5) is 0 Å². The molecule has 0 spiro atoms. The van der Waals surface area contributed by atoms with Crippen molar-refractivity contribution in [3.63, 3.8) is 0 Å². The van der Waals surface area contributed by atoms with Gasteiger partial charge in [0.25, 0.3) is 5.91 Å². The van der Waals surface area contributed by atoms with Gasteiger partial charge in [0.2, 0.25) is 0 Å². The summed E-state index contributed by atoms with van der Waals surface area (Å²) >= 11 is 0. The Hall–Kier alpha value is -3.34. The van der Waals surface area contributed by atoms with E-state index < -0.39 is 0 Å². The lowest BCUT2D eigenvalue weighted by molar-refractivity contribution is 0.0955. The summed E-state index contributed by atoms with van der Waals surface area (Å²) in [5, 5.41) is 4.10. The van der Waals surface area contributed by atoms with Crippen molar-refractivity contribution < 1.29 is 9.53 Å². The number of benzene rings is 2. The molecule has 5 nitrogen and oxygen atoms in total. The van der Waals surface area contributed by atoms with Crippen LogP contribution in [0.25, 0.3) is 5.69 Å². The maximum Gasteiger partial charge on any atom is 0.271 e. The average Bonchev–Trinajstić information content (AvgIpc) is 2.96. The largest absolute Gasteiger partial charge is 0.497 e. The van der Waals surface area contributed by atoms with Gasteiger partial charge in [-0.3, -0.25) is 4.79 Å². The summed E-state index contributed by atoms with van der Waals surface area (Å²) in [5.74, 6) is 0.444. The first kappa shape index (κ1) is 17.5. The average molecular weight is 347 g/mol. The molecule has 2 aromatic carbocycles. The second kappa shape index (κ2) is 7.70. The number of nitrogens with one attached hydrogen (secondary N) is 1. The first-order valence-electron chi connectivity index (χ1n) is 8.32. The van der Waals surface area contributed by atoms with E-state index in [1.807, 2.05) is 38.1 Å². The van der Waals surface area contributed by atoms with Gasteiger partial charge in [0.1, 0.15) is 5.75 Å². The molecular weight excluding hydrogens is 326 g/mol. The Labute approximate surface area is 152 Å². The van der Waals surface area contributed by atoms with E-state index in [0.717, 1.165) is 22.6 Å². The molecule has 0 aliphatic carbocycles. The Kier molecular flexibility index (Phi) is 5.17. The predicted octanol–water partition coefficient (Wildman–Crippen LogP) is 3.87. The molecule has 132 valence electrons. The van der Waals surface area contributed by atoms with Crippen LogP contribution in [0.2, 0.25) is 0 Å². The van der Waals surface area contributed by atoms with E-state index in [0.29, 0.717) is 11.3 Å². The zero-order chi connectivity index (χ0) is 18.5. The van der Waals surface area contributed by atoms with Crippen LogP contribution in [-0.4, -0.2) is 23.8 Å². The fraction of sp³-hybridized carbons (Fsp3) is 0.143. The molecule has 1 amide bonds. The molecule has 1 aromatic heterocycles. The van der Waals surface area contributed by atoms with Gasteiger partial charge in [0.05, 0.1) is 13.3 Å². The third-order valence-electron chi connectivity index (χ3n) is 4.21. The monoisotopic (exact) mass is 347 g/mol. The number of hydrogen-bond donors (Lipinski definition) is 1. The normalized spacial score (nSPS) is 10.9. The zero-order valence-electron chi connectivity index (χ0n) is 15.1. The number of carbonyl (C=O) groups excluding carboxylic acids is 1. The maximum atomic E-state index is 12.1. The molecule has 1 N–H and O–H groups in total. The molecular formula is C21H21N3O2. The van der Waals surface area contributed by atoms with Gasteiger partial charge >= 0.3 is 0 Å². The lowest BCUT2D eigenvalue weighted by Gasteiger charge is -2.08. The number of aryl methyl sites for hydroxylation is 1. The molecule has 0 saturated carbocycles. The summed E-state index contributed by atoms with van der Waals surface area (Å²) in [6.07, 6.45) is 1.67. The smallest absolute Gasteiger partial charge is 0.271 e. The van der Waals surface area contributed by atoms with E-state index in [2.05, 4.69) is 27.2 Å². The number of methoxy groups -OCH3 is 1. The molecule has 0 aliphatic rings. The predicted molar refractivity (Wildman–Crippen MR) is 103 cm³/mol. The lowest BCUT2D eigenvalue weighted by Crippen LogP contribution is -2.17. The maximum absolute atomic E-state index is 12.1. The van der Waals surface area contributed by atoms with Gasteiger partial charge in [-0.05, 0) is 56.3 Å². The van der Waals surface area contributed by atoms with E-state index in [9.17, 15) is 4.79 Å². The molecule has 0 saturated heterocycles. The number of hydrogen-bond acceptors (Lipinski definition) is 3. The number of hydrazone groups is 1. The number of amides is 1. The van der Waals surface area contributed by atoms with Gasteiger partial charge in [-0.15, -0.1) is 0 Å². The second-order valence-electron chi connectivity index (χ2n) is 5.93. The van der Waals surface area contributed by atoms with E-state index in [1.165, 1.54) is 0 Å². The highest BCUT2D eigenvalue weighted by Crippen LogP contribution is 2.19. The summed E-state index contributed by atoms with van der Waals surface area (Å²) in [5.41, 5.74) is 7.32. The van der Waals surface area contributed by atoms with Crippen molar-refractivity contribution in [2.75, 3.05) is 7.11 Å². The molecule has 0 radical (unpaired) electrons. The summed E-state index contributed by atoms with van der Waals surface area (Å²) in [6, 6.07) is 19.1. The van der Waals surface area contributed by atoms with Gasteiger partial charge in [-0.1, -0.05) is 18.2 Å². The molecule has 3 rings (SSSR count). The van der Waals surface area contributed by atoms with Crippen molar-refractivity contribution in [1.82, 2.24) is 9.99 Å². The number of para-hydroxylation sites is 1. The third kappa shape index (κ3) is 3.67. The Morgan fingerprint density at radius 2 is 1.77 bits per heavy atom. The molecule has 26 heavy (non-hydrogen) atoms. The van der Waals surface area contributed by atoms with Crippen molar-refractivity contribution in [2.24, 2.45) is 5.10 Å². The van der Waals surface area contributed by atoms with E-state index >= 15 is 0 Å². The van der Waals surface area contributed by atoms with Crippen LogP contribution in [0.1, 0.15) is 27.3 Å². The fourth-order valence-electron chi connectivity index (χ4n) is 2.86. The first-order valence-corrected chi connectivity index (χ1v) is 8.32. The highest BCUT2D eigenvalue weighted by atomic mass is 16.5. The number of carbonyl (C=O) groups is 1. The Balaban J connectivity index is 1.73. The van der Waals surface area contributed by atoms with Gasteiger partial charge in [0, 0.05) is 28.2 Å².